The normalized spacial score (nSPS) is 12.1. The van der Waals surface area contributed by atoms with Crippen molar-refractivity contribution >= 4 is 23.5 Å². The average Bonchev–Trinajstić information content (AvgIpc) is 3.24. The van der Waals surface area contributed by atoms with Gasteiger partial charge in [-0.05, 0) is 37.3 Å². The highest BCUT2D eigenvalue weighted by Gasteiger charge is 2.14. The topological polar surface area (TPSA) is 125 Å². The molecule has 1 aliphatic heterocycles. The lowest BCUT2D eigenvalue weighted by Crippen LogP contribution is -2.43. The molecule has 0 aliphatic carbocycles. The Hall–Kier alpha value is -4.08. The van der Waals surface area contributed by atoms with Crippen LogP contribution >= 0.6 is 0 Å². The first-order valence-electron chi connectivity index (χ1n) is 8.89. The minimum absolute atomic E-state index is 0.167. The van der Waals surface area contributed by atoms with Crippen molar-refractivity contribution in [2.24, 2.45) is 5.16 Å². The summed E-state index contributed by atoms with van der Waals surface area (Å²) < 4.78 is 15.3. The Morgan fingerprint density at radius 1 is 0.967 bits per heavy atom. The Morgan fingerprint density at radius 3 is 2.53 bits per heavy atom. The van der Waals surface area contributed by atoms with Crippen LogP contribution in [0, 0.1) is 0 Å². The maximum absolute atomic E-state index is 11.8. The Balaban J connectivity index is 1.35. The van der Waals surface area contributed by atoms with E-state index in [1.165, 1.54) is 0 Å². The summed E-state index contributed by atoms with van der Waals surface area (Å²) in [6, 6.07) is 13.6. The average molecular weight is 413 g/mol. The summed E-state index contributed by atoms with van der Waals surface area (Å²) in [6.07, 6.45) is 0. The van der Waals surface area contributed by atoms with Gasteiger partial charge in [0, 0.05) is 11.1 Å². The van der Waals surface area contributed by atoms with Crippen molar-refractivity contribution in [2.75, 3.05) is 20.0 Å². The van der Waals surface area contributed by atoms with Gasteiger partial charge in [-0.25, -0.2) is 4.79 Å². The number of nitrogens with zero attached hydrogens (tertiary/aromatic N) is 1. The molecule has 0 bridgehead atoms. The van der Waals surface area contributed by atoms with E-state index in [2.05, 4.69) is 16.0 Å². The van der Waals surface area contributed by atoms with E-state index >= 15 is 0 Å². The first-order chi connectivity index (χ1) is 14.5. The van der Waals surface area contributed by atoms with Crippen LogP contribution in [0.4, 0.5) is 0 Å². The summed E-state index contributed by atoms with van der Waals surface area (Å²) in [4.78, 5) is 40.1. The minimum atomic E-state index is -0.790. The smallest absolute Gasteiger partial charge is 0.347 e. The molecule has 0 aromatic heterocycles. The van der Waals surface area contributed by atoms with Gasteiger partial charge in [0.1, 0.15) is 0 Å². The van der Waals surface area contributed by atoms with Crippen LogP contribution in [0.15, 0.2) is 53.7 Å². The van der Waals surface area contributed by atoms with E-state index in [-0.39, 0.29) is 6.79 Å². The van der Waals surface area contributed by atoms with Gasteiger partial charge >= 0.3 is 5.97 Å². The molecule has 2 amide bonds. The third-order valence-corrected chi connectivity index (χ3v) is 3.89. The van der Waals surface area contributed by atoms with Crippen molar-refractivity contribution in [2.45, 2.75) is 6.92 Å². The van der Waals surface area contributed by atoms with E-state index < -0.39 is 31.0 Å². The maximum atomic E-state index is 11.8. The number of ether oxygens (including phenoxy) is 3. The Labute approximate surface area is 171 Å². The van der Waals surface area contributed by atoms with Crippen molar-refractivity contribution in [1.82, 2.24) is 10.9 Å². The van der Waals surface area contributed by atoms with E-state index in [9.17, 15) is 14.4 Å². The molecular weight excluding hydrogens is 394 g/mol. The number of esters is 1. The third kappa shape index (κ3) is 5.71. The number of nitrogens with one attached hydrogen (secondary N) is 2. The third-order valence-electron chi connectivity index (χ3n) is 3.89. The van der Waals surface area contributed by atoms with Gasteiger partial charge in [0.05, 0.1) is 5.71 Å². The second-order valence-corrected chi connectivity index (χ2v) is 6.05. The van der Waals surface area contributed by atoms with Crippen LogP contribution in [0.2, 0.25) is 0 Å². The zero-order chi connectivity index (χ0) is 21.3. The van der Waals surface area contributed by atoms with Crippen LogP contribution < -0.4 is 20.3 Å². The highest BCUT2D eigenvalue weighted by Crippen LogP contribution is 2.32. The van der Waals surface area contributed by atoms with E-state index in [4.69, 9.17) is 19.0 Å². The fourth-order valence-corrected chi connectivity index (χ4v) is 2.37. The predicted octanol–water partition coefficient (Wildman–Crippen LogP) is 1.16. The standard InChI is InChI=1S/C20H19N3O7/c1-13(15-7-8-16-17(9-15)29-12-28-16)23-30-11-19(25)27-10-18(24)21-22-20(26)14-5-3-2-4-6-14/h2-9H,10-12H2,1H3,(H,21,24)(H,22,26)/b23-13+. The molecule has 0 fully saturated rings. The van der Waals surface area contributed by atoms with E-state index in [1.807, 2.05) is 0 Å². The van der Waals surface area contributed by atoms with Gasteiger partial charge in [0.25, 0.3) is 11.8 Å². The van der Waals surface area contributed by atoms with Crippen molar-refractivity contribution in [3.05, 3.63) is 59.7 Å². The molecule has 30 heavy (non-hydrogen) atoms. The zero-order valence-corrected chi connectivity index (χ0v) is 16.0. The number of fused-ring (bicyclic) bond motifs is 1. The number of carbonyl (C=O) groups is 3. The van der Waals surface area contributed by atoms with Gasteiger partial charge in [-0.15, -0.1) is 0 Å². The number of hydrazine groups is 1. The summed E-state index contributed by atoms with van der Waals surface area (Å²) in [5.41, 5.74) is 5.99. The largest absolute Gasteiger partial charge is 0.454 e. The van der Waals surface area contributed by atoms with Crippen LogP contribution in [-0.2, 0) is 19.2 Å². The van der Waals surface area contributed by atoms with Crippen molar-refractivity contribution < 1.29 is 33.4 Å². The minimum Gasteiger partial charge on any atom is -0.454 e. The van der Waals surface area contributed by atoms with E-state index in [0.717, 1.165) is 5.56 Å². The molecule has 0 unspecified atom stereocenters. The maximum Gasteiger partial charge on any atom is 0.347 e. The molecule has 0 radical (unpaired) electrons. The summed E-state index contributed by atoms with van der Waals surface area (Å²) in [6.45, 7) is 0.806. The second kappa shape index (κ2) is 9.92. The molecule has 2 aromatic carbocycles. The van der Waals surface area contributed by atoms with Crippen molar-refractivity contribution in [3.8, 4) is 11.5 Å². The molecule has 10 heteroatoms. The molecule has 0 spiro atoms. The zero-order valence-electron chi connectivity index (χ0n) is 16.0. The van der Waals surface area contributed by atoms with Crippen LogP contribution in [0.5, 0.6) is 11.5 Å². The molecule has 10 nitrogen and oxygen atoms in total. The number of benzene rings is 2. The quantitative estimate of drug-likeness (QED) is 0.396. The van der Waals surface area contributed by atoms with Crippen LogP contribution in [0.25, 0.3) is 0 Å². The van der Waals surface area contributed by atoms with Crippen LogP contribution in [-0.4, -0.2) is 43.5 Å². The molecular formula is C20H19N3O7. The first-order valence-corrected chi connectivity index (χ1v) is 8.89. The molecule has 3 rings (SSSR count). The number of carbonyl (C=O) groups excluding carboxylic acids is 3. The molecule has 1 heterocycles. The van der Waals surface area contributed by atoms with Gasteiger partial charge in [0.15, 0.2) is 18.1 Å². The number of oxime groups is 1. The molecule has 0 saturated heterocycles. The summed E-state index contributed by atoms with van der Waals surface area (Å²) in [5, 5.41) is 3.84. The Morgan fingerprint density at radius 2 is 1.73 bits per heavy atom. The number of rotatable bonds is 7. The van der Waals surface area contributed by atoms with Gasteiger partial charge < -0.3 is 19.0 Å². The first kappa shape index (κ1) is 20.6. The highest BCUT2D eigenvalue weighted by atomic mass is 16.7. The molecule has 2 aromatic rings. The molecule has 1 aliphatic rings. The van der Waals surface area contributed by atoms with Gasteiger partial charge in [-0.3, -0.25) is 20.4 Å². The number of hydrogen-bond acceptors (Lipinski definition) is 8. The fraction of sp³-hybridized carbons (Fsp3) is 0.200. The van der Waals surface area contributed by atoms with E-state index in [1.54, 1.807) is 55.5 Å². The molecule has 0 saturated carbocycles. The SMILES string of the molecule is C/C(=N\OCC(=O)OCC(=O)NNC(=O)c1ccccc1)c1ccc2c(c1)OCO2. The van der Waals surface area contributed by atoms with Gasteiger partial charge in [-0.1, -0.05) is 23.4 Å². The van der Waals surface area contributed by atoms with Crippen molar-refractivity contribution in [3.63, 3.8) is 0 Å². The lowest BCUT2D eigenvalue weighted by molar-refractivity contribution is -0.153. The summed E-state index contributed by atoms with van der Waals surface area (Å²) in [7, 11) is 0. The van der Waals surface area contributed by atoms with Crippen LogP contribution in [0.1, 0.15) is 22.8 Å². The highest BCUT2D eigenvalue weighted by molar-refractivity contribution is 5.99. The van der Waals surface area contributed by atoms with Crippen molar-refractivity contribution in [1.29, 1.82) is 0 Å². The molecule has 0 atom stereocenters. The summed E-state index contributed by atoms with van der Waals surface area (Å²) in [5.74, 6) is -0.734. The predicted molar refractivity (Wildman–Crippen MR) is 104 cm³/mol. The van der Waals surface area contributed by atoms with E-state index in [0.29, 0.717) is 22.8 Å². The monoisotopic (exact) mass is 413 g/mol. The summed E-state index contributed by atoms with van der Waals surface area (Å²) >= 11 is 0. The Bertz CT molecular complexity index is 960. The van der Waals surface area contributed by atoms with Gasteiger partial charge in [0.2, 0.25) is 13.4 Å². The molecule has 2 N–H and O–H groups in total. The second-order valence-electron chi connectivity index (χ2n) is 6.05. The lowest BCUT2D eigenvalue weighted by Gasteiger charge is -2.08. The van der Waals surface area contributed by atoms with Crippen LogP contribution in [0.3, 0.4) is 0 Å². The lowest BCUT2D eigenvalue weighted by atomic mass is 10.1. The van der Waals surface area contributed by atoms with Gasteiger partial charge in [-0.2, -0.15) is 0 Å². The Kier molecular flexibility index (Phi) is 6.83. The number of hydrogen-bond donors (Lipinski definition) is 2. The fourth-order valence-electron chi connectivity index (χ4n) is 2.37. The molecule has 156 valence electrons. The number of amides is 2.